The van der Waals surface area contributed by atoms with Crippen molar-refractivity contribution in [2.75, 3.05) is 25.2 Å². The molecule has 0 aromatic heterocycles. The van der Waals surface area contributed by atoms with Crippen molar-refractivity contribution in [3.8, 4) is 0 Å². The quantitative estimate of drug-likeness (QED) is 0.619. The number of ether oxygens (including phenoxy) is 2. The zero-order valence-electron chi connectivity index (χ0n) is 13.7. The van der Waals surface area contributed by atoms with Crippen molar-refractivity contribution >= 4 is 17.1 Å². The Bertz CT molecular complexity index is 822. The minimum absolute atomic E-state index is 0.0139. The Labute approximate surface area is 142 Å². The Morgan fingerprint density at radius 1 is 1.12 bits per heavy atom. The molecule has 8 heteroatoms. The number of hydrogen-bond donors (Lipinski definition) is 0. The van der Waals surface area contributed by atoms with E-state index in [9.17, 15) is 18.9 Å². The molecule has 3 rings (SSSR count). The highest BCUT2D eigenvalue weighted by molar-refractivity contribution is 5.72. The van der Waals surface area contributed by atoms with Crippen LogP contribution in [-0.2, 0) is 15.3 Å². The highest BCUT2D eigenvalue weighted by atomic mass is 19.1. The van der Waals surface area contributed by atoms with Gasteiger partial charge in [0.15, 0.2) is 5.79 Å². The van der Waals surface area contributed by atoms with Crippen LogP contribution in [0.5, 0.6) is 0 Å². The fourth-order valence-electron chi connectivity index (χ4n) is 2.79. The summed E-state index contributed by atoms with van der Waals surface area (Å²) in [5, 5.41) is 11.4. The number of benzene rings is 2. The van der Waals surface area contributed by atoms with E-state index >= 15 is 0 Å². The third kappa shape index (κ3) is 3.18. The lowest BCUT2D eigenvalue weighted by atomic mass is 10.0. The summed E-state index contributed by atoms with van der Waals surface area (Å²) in [5.41, 5.74) is 0.518. The number of anilines is 2. The molecule has 0 unspecified atom stereocenters. The molecule has 0 atom stereocenters. The van der Waals surface area contributed by atoms with Gasteiger partial charge in [0.25, 0.3) is 5.69 Å². The van der Waals surface area contributed by atoms with Crippen molar-refractivity contribution in [3.05, 3.63) is 63.7 Å². The predicted octanol–water partition coefficient (Wildman–Crippen LogP) is 3.86. The van der Waals surface area contributed by atoms with E-state index < -0.39 is 22.3 Å². The molecule has 2 aromatic rings. The van der Waals surface area contributed by atoms with Crippen molar-refractivity contribution in [1.29, 1.82) is 0 Å². The molecule has 2 aromatic carbocycles. The van der Waals surface area contributed by atoms with Gasteiger partial charge in [-0.2, -0.15) is 0 Å². The zero-order chi connectivity index (χ0) is 18.2. The average Bonchev–Trinajstić information content (AvgIpc) is 3.01. The maximum atomic E-state index is 14.1. The van der Waals surface area contributed by atoms with Gasteiger partial charge >= 0.3 is 0 Å². The van der Waals surface area contributed by atoms with Gasteiger partial charge in [0.05, 0.1) is 23.8 Å². The molecule has 1 fully saturated rings. The van der Waals surface area contributed by atoms with Crippen LogP contribution in [0.25, 0.3) is 0 Å². The van der Waals surface area contributed by atoms with E-state index in [-0.39, 0.29) is 17.1 Å². The summed E-state index contributed by atoms with van der Waals surface area (Å²) < 4.78 is 38.4. The topological polar surface area (TPSA) is 64.8 Å². The largest absolute Gasteiger partial charge is 0.344 e. The molecule has 1 aliphatic heterocycles. The Hall–Kier alpha value is -2.58. The fourth-order valence-corrected chi connectivity index (χ4v) is 2.79. The van der Waals surface area contributed by atoms with Gasteiger partial charge < -0.3 is 14.4 Å². The summed E-state index contributed by atoms with van der Waals surface area (Å²) >= 11 is 0. The second kappa shape index (κ2) is 6.38. The first-order valence-electron chi connectivity index (χ1n) is 7.57. The molecule has 132 valence electrons. The van der Waals surface area contributed by atoms with Crippen LogP contribution >= 0.6 is 0 Å². The SMILES string of the molecule is CN(c1ccc(F)cc1F)c1cc(C2(C)OCCO2)ccc1[N+](=O)[O-]. The van der Waals surface area contributed by atoms with Crippen LogP contribution in [0.15, 0.2) is 36.4 Å². The summed E-state index contributed by atoms with van der Waals surface area (Å²) in [5.74, 6) is -2.56. The highest BCUT2D eigenvalue weighted by Gasteiger charge is 2.35. The summed E-state index contributed by atoms with van der Waals surface area (Å²) in [4.78, 5) is 12.1. The maximum absolute atomic E-state index is 14.1. The molecule has 0 aliphatic carbocycles. The summed E-state index contributed by atoms with van der Waals surface area (Å²) in [6.07, 6.45) is 0. The van der Waals surface area contributed by atoms with Gasteiger partial charge in [0.2, 0.25) is 0 Å². The van der Waals surface area contributed by atoms with Crippen LogP contribution in [-0.4, -0.2) is 25.2 Å². The molecule has 0 spiro atoms. The number of halogens is 2. The lowest BCUT2D eigenvalue weighted by Gasteiger charge is -2.26. The standard InChI is InChI=1S/C17H16F2N2O4/c1-17(24-7-8-25-17)11-3-5-15(21(22)23)16(9-11)20(2)14-6-4-12(18)10-13(14)19/h3-6,9-10H,7-8H2,1-2H3. The minimum Gasteiger partial charge on any atom is -0.344 e. The number of rotatable bonds is 4. The van der Waals surface area contributed by atoms with E-state index in [0.29, 0.717) is 18.8 Å². The highest BCUT2D eigenvalue weighted by Crippen LogP contribution is 2.39. The predicted molar refractivity (Wildman–Crippen MR) is 86.8 cm³/mol. The molecule has 25 heavy (non-hydrogen) atoms. The van der Waals surface area contributed by atoms with E-state index in [2.05, 4.69) is 0 Å². The fraction of sp³-hybridized carbons (Fsp3) is 0.294. The molecule has 1 heterocycles. The maximum Gasteiger partial charge on any atom is 0.292 e. The summed E-state index contributed by atoms with van der Waals surface area (Å²) in [7, 11) is 1.47. The van der Waals surface area contributed by atoms with E-state index in [1.807, 2.05) is 0 Å². The number of hydrogen-bond acceptors (Lipinski definition) is 5. The Morgan fingerprint density at radius 3 is 2.40 bits per heavy atom. The molecule has 6 nitrogen and oxygen atoms in total. The van der Waals surface area contributed by atoms with Crippen LogP contribution in [0.1, 0.15) is 12.5 Å². The van der Waals surface area contributed by atoms with Gasteiger partial charge in [-0.25, -0.2) is 8.78 Å². The average molecular weight is 350 g/mol. The normalized spacial score (nSPS) is 16.0. The molecule has 0 amide bonds. The van der Waals surface area contributed by atoms with Gasteiger partial charge in [-0.15, -0.1) is 0 Å². The van der Waals surface area contributed by atoms with Crippen molar-refractivity contribution in [3.63, 3.8) is 0 Å². The van der Waals surface area contributed by atoms with Gasteiger partial charge in [-0.05, 0) is 31.2 Å². The van der Waals surface area contributed by atoms with E-state index in [1.54, 1.807) is 13.0 Å². The van der Waals surface area contributed by atoms with Gasteiger partial charge in [-0.3, -0.25) is 10.1 Å². The van der Waals surface area contributed by atoms with Crippen LogP contribution in [0, 0.1) is 21.7 Å². The van der Waals surface area contributed by atoms with Crippen LogP contribution in [0.3, 0.4) is 0 Å². The molecular formula is C17H16F2N2O4. The Kier molecular flexibility index (Phi) is 4.40. The summed E-state index contributed by atoms with van der Waals surface area (Å²) in [6, 6.07) is 7.43. The third-order valence-electron chi connectivity index (χ3n) is 4.17. The molecule has 1 aliphatic rings. The second-order valence-electron chi connectivity index (χ2n) is 5.76. The first kappa shape index (κ1) is 17.2. The monoisotopic (exact) mass is 350 g/mol. The first-order chi connectivity index (χ1) is 11.8. The van der Waals surface area contributed by atoms with Gasteiger partial charge in [-0.1, -0.05) is 0 Å². The molecule has 0 bridgehead atoms. The smallest absolute Gasteiger partial charge is 0.292 e. The molecule has 1 saturated heterocycles. The van der Waals surface area contributed by atoms with E-state index in [0.717, 1.165) is 12.1 Å². The third-order valence-corrected chi connectivity index (χ3v) is 4.17. The summed E-state index contributed by atoms with van der Waals surface area (Å²) in [6.45, 7) is 2.53. The zero-order valence-corrected chi connectivity index (χ0v) is 13.7. The molecular weight excluding hydrogens is 334 g/mol. The van der Waals surface area contributed by atoms with Crippen LogP contribution in [0.4, 0.5) is 25.8 Å². The molecule has 0 radical (unpaired) electrons. The van der Waals surface area contributed by atoms with Gasteiger partial charge in [0.1, 0.15) is 17.3 Å². The number of nitrogens with zero attached hydrogens (tertiary/aromatic N) is 2. The van der Waals surface area contributed by atoms with E-state index in [4.69, 9.17) is 9.47 Å². The lowest BCUT2D eigenvalue weighted by Crippen LogP contribution is -2.23. The number of nitro groups is 1. The van der Waals surface area contributed by atoms with Crippen molar-refractivity contribution in [2.45, 2.75) is 12.7 Å². The van der Waals surface area contributed by atoms with Gasteiger partial charge in [0, 0.05) is 24.7 Å². The van der Waals surface area contributed by atoms with Crippen LogP contribution in [0.2, 0.25) is 0 Å². The Balaban J connectivity index is 2.10. The first-order valence-corrected chi connectivity index (χ1v) is 7.57. The lowest BCUT2D eigenvalue weighted by molar-refractivity contribution is -0.384. The number of nitro benzene ring substituents is 1. The van der Waals surface area contributed by atoms with Crippen molar-refractivity contribution in [2.24, 2.45) is 0 Å². The van der Waals surface area contributed by atoms with Crippen LogP contribution < -0.4 is 4.90 Å². The second-order valence-corrected chi connectivity index (χ2v) is 5.76. The van der Waals surface area contributed by atoms with E-state index in [1.165, 1.54) is 30.1 Å². The van der Waals surface area contributed by atoms with Crippen molar-refractivity contribution < 1.29 is 23.2 Å². The molecule has 0 saturated carbocycles. The minimum atomic E-state index is -1.02. The molecule has 0 N–H and O–H groups in total. The van der Waals surface area contributed by atoms with Crippen molar-refractivity contribution in [1.82, 2.24) is 0 Å². The Morgan fingerprint density at radius 2 is 1.80 bits per heavy atom.